The number of phenolic OH excluding ortho intramolecular Hbond substituents is 1. The molecule has 2 rings (SSSR count). The van der Waals surface area contributed by atoms with Crippen LogP contribution in [-0.2, 0) is 10.0 Å². The number of aromatic nitrogens is 1. The number of hydrogen-bond donors (Lipinski definition) is 3. The molecule has 2 aromatic rings. The average molecular weight is 299 g/mol. The first kappa shape index (κ1) is 13.6. The Morgan fingerprint density at radius 2 is 2.05 bits per heavy atom. The number of nitrogens with one attached hydrogen (secondary N) is 1. The van der Waals surface area contributed by atoms with E-state index in [-0.39, 0.29) is 16.3 Å². The summed E-state index contributed by atoms with van der Waals surface area (Å²) in [7, 11) is -3.75. The molecule has 6 nitrogen and oxygen atoms in total. The topological polar surface area (TPSA) is 105 Å². The third-order valence-corrected chi connectivity index (χ3v) is 5.01. The smallest absolute Gasteiger partial charge is 0.263 e. The molecule has 0 atom stereocenters. The minimum Gasteiger partial charge on any atom is -0.506 e. The van der Waals surface area contributed by atoms with Crippen molar-refractivity contribution in [3.05, 3.63) is 28.8 Å². The Labute approximate surface area is 115 Å². The van der Waals surface area contributed by atoms with Gasteiger partial charge in [0, 0.05) is 4.88 Å². The highest BCUT2D eigenvalue weighted by atomic mass is 32.2. The van der Waals surface area contributed by atoms with Crippen LogP contribution in [0, 0.1) is 13.8 Å². The van der Waals surface area contributed by atoms with Gasteiger partial charge in [-0.25, -0.2) is 13.4 Å². The van der Waals surface area contributed by atoms with Gasteiger partial charge in [0.15, 0.2) is 5.13 Å². The van der Waals surface area contributed by atoms with Gasteiger partial charge in [0.1, 0.15) is 5.75 Å². The first-order chi connectivity index (χ1) is 8.79. The lowest BCUT2D eigenvalue weighted by atomic mass is 10.3. The monoisotopic (exact) mass is 299 g/mol. The van der Waals surface area contributed by atoms with Crippen LogP contribution in [0.25, 0.3) is 0 Å². The number of aryl methyl sites for hydroxylation is 2. The van der Waals surface area contributed by atoms with Crippen molar-refractivity contribution >= 4 is 32.2 Å². The molecule has 1 aromatic heterocycles. The largest absolute Gasteiger partial charge is 0.506 e. The van der Waals surface area contributed by atoms with Crippen molar-refractivity contribution in [2.75, 3.05) is 10.5 Å². The van der Waals surface area contributed by atoms with Gasteiger partial charge in [-0.05, 0) is 32.0 Å². The maximum Gasteiger partial charge on any atom is 0.263 e. The number of aromatic hydroxyl groups is 1. The third-order valence-electron chi connectivity index (χ3n) is 2.56. The molecular formula is C11H13N3O3S2. The van der Waals surface area contributed by atoms with E-state index in [4.69, 9.17) is 5.73 Å². The molecule has 1 heterocycles. The normalized spacial score (nSPS) is 11.5. The SMILES string of the molecule is Cc1nc(NS(=O)(=O)c2ccc(O)c(N)c2)sc1C. The number of nitrogens with two attached hydrogens (primary N) is 1. The lowest BCUT2D eigenvalue weighted by Gasteiger charge is -2.06. The van der Waals surface area contributed by atoms with E-state index in [1.54, 1.807) is 0 Å². The van der Waals surface area contributed by atoms with E-state index in [2.05, 4.69) is 9.71 Å². The van der Waals surface area contributed by atoms with E-state index in [1.165, 1.54) is 29.5 Å². The Bertz CT molecular complexity index is 703. The summed E-state index contributed by atoms with van der Waals surface area (Å²) in [6.45, 7) is 3.67. The minimum atomic E-state index is -3.75. The van der Waals surface area contributed by atoms with Gasteiger partial charge in [0.05, 0.1) is 16.3 Å². The van der Waals surface area contributed by atoms with Crippen LogP contribution in [0.15, 0.2) is 23.1 Å². The summed E-state index contributed by atoms with van der Waals surface area (Å²) < 4.78 is 26.6. The summed E-state index contributed by atoms with van der Waals surface area (Å²) in [6.07, 6.45) is 0. The van der Waals surface area contributed by atoms with E-state index in [9.17, 15) is 13.5 Å². The number of anilines is 2. The van der Waals surface area contributed by atoms with Crippen LogP contribution in [0.1, 0.15) is 10.6 Å². The standard InChI is InChI=1S/C11H13N3O3S2/c1-6-7(2)18-11(13-6)14-19(16,17)8-3-4-10(15)9(12)5-8/h3-5,15H,12H2,1-2H3,(H,13,14). The van der Waals surface area contributed by atoms with E-state index in [0.29, 0.717) is 5.13 Å². The average Bonchev–Trinajstić information content (AvgIpc) is 2.60. The second-order valence-electron chi connectivity index (χ2n) is 3.99. The Morgan fingerprint density at radius 3 is 2.58 bits per heavy atom. The first-order valence-corrected chi connectivity index (χ1v) is 7.65. The Hall–Kier alpha value is -1.80. The molecule has 4 N–H and O–H groups in total. The highest BCUT2D eigenvalue weighted by Crippen LogP contribution is 2.27. The van der Waals surface area contributed by atoms with Gasteiger partial charge in [0.25, 0.3) is 10.0 Å². The molecule has 0 spiro atoms. The van der Waals surface area contributed by atoms with E-state index in [0.717, 1.165) is 10.6 Å². The molecule has 0 aliphatic heterocycles. The molecule has 102 valence electrons. The lowest BCUT2D eigenvalue weighted by Crippen LogP contribution is -2.13. The van der Waals surface area contributed by atoms with Gasteiger partial charge >= 0.3 is 0 Å². The number of hydrogen-bond acceptors (Lipinski definition) is 6. The predicted molar refractivity (Wildman–Crippen MR) is 74.9 cm³/mol. The Morgan fingerprint density at radius 1 is 1.37 bits per heavy atom. The summed E-state index contributed by atoms with van der Waals surface area (Å²) in [5.41, 5.74) is 6.28. The number of nitrogen functional groups attached to an aromatic ring is 1. The quantitative estimate of drug-likeness (QED) is 0.592. The maximum absolute atomic E-state index is 12.1. The molecule has 0 aliphatic rings. The van der Waals surface area contributed by atoms with Gasteiger partial charge in [-0.1, -0.05) is 0 Å². The number of phenols is 1. The molecule has 0 radical (unpaired) electrons. The number of thiazole rings is 1. The lowest BCUT2D eigenvalue weighted by molar-refractivity contribution is 0.477. The molecule has 8 heteroatoms. The number of benzene rings is 1. The number of sulfonamides is 1. The maximum atomic E-state index is 12.1. The Kier molecular flexibility index (Phi) is 3.38. The highest BCUT2D eigenvalue weighted by molar-refractivity contribution is 7.93. The van der Waals surface area contributed by atoms with Crippen molar-refractivity contribution in [3.63, 3.8) is 0 Å². The second kappa shape index (κ2) is 4.71. The van der Waals surface area contributed by atoms with Gasteiger partial charge in [0.2, 0.25) is 0 Å². The van der Waals surface area contributed by atoms with Crippen LogP contribution >= 0.6 is 11.3 Å². The molecule has 0 bridgehead atoms. The fraction of sp³-hybridized carbons (Fsp3) is 0.182. The van der Waals surface area contributed by atoms with Crippen molar-refractivity contribution in [2.24, 2.45) is 0 Å². The summed E-state index contributed by atoms with van der Waals surface area (Å²) in [6, 6.07) is 3.72. The zero-order valence-electron chi connectivity index (χ0n) is 10.3. The van der Waals surface area contributed by atoms with Crippen molar-refractivity contribution < 1.29 is 13.5 Å². The zero-order chi connectivity index (χ0) is 14.2. The summed E-state index contributed by atoms with van der Waals surface area (Å²) >= 11 is 1.26. The van der Waals surface area contributed by atoms with Crippen LogP contribution in [0.2, 0.25) is 0 Å². The van der Waals surface area contributed by atoms with E-state index < -0.39 is 10.0 Å². The van der Waals surface area contributed by atoms with Gasteiger partial charge in [-0.2, -0.15) is 0 Å². The molecule has 0 aliphatic carbocycles. The van der Waals surface area contributed by atoms with Crippen LogP contribution in [-0.4, -0.2) is 18.5 Å². The third kappa shape index (κ3) is 2.79. The summed E-state index contributed by atoms with van der Waals surface area (Å²) in [5, 5.41) is 9.60. The number of rotatable bonds is 3. The van der Waals surface area contributed by atoms with Gasteiger partial charge in [-0.3, -0.25) is 4.72 Å². The second-order valence-corrected chi connectivity index (χ2v) is 6.87. The summed E-state index contributed by atoms with van der Waals surface area (Å²) in [4.78, 5) is 5.04. The minimum absolute atomic E-state index is 0.00868. The molecule has 19 heavy (non-hydrogen) atoms. The van der Waals surface area contributed by atoms with Crippen molar-refractivity contribution in [1.29, 1.82) is 0 Å². The Balaban J connectivity index is 2.34. The molecule has 0 amide bonds. The molecule has 0 unspecified atom stereocenters. The van der Waals surface area contributed by atoms with Crippen molar-refractivity contribution in [1.82, 2.24) is 4.98 Å². The molecule has 1 aromatic carbocycles. The molecular weight excluding hydrogens is 286 g/mol. The first-order valence-electron chi connectivity index (χ1n) is 5.35. The van der Waals surface area contributed by atoms with Gasteiger partial charge < -0.3 is 10.8 Å². The van der Waals surface area contributed by atoms with Gasteiger partial charge in [-0.15, -0.1) is 11.3 Å². The predicted octanol–water partition coefficient (Wildman–Crippen LogP) is 1.85. The summed E-state index contributed by atoms with van der Waals surface area (Å²) in [5.74, 6) is -0.153. The highest BCUT2D eigenvalue weighted by Gasteiger charge is 2.17. The van der Waals surface area contributed by atoms with Crippen molar-refractivity contribution in [3.8, 4) is 5.75 Å². The van der Waals surface area contributed by atoms with Crippen LogP contribution in [0.4, 0.5) is 10.8 Å². The van der Waals surface area contributed by atoms with Crippen LogP contribution in [0.3, 0.4) is 0 Å². The fourth-order valence-electron chi connectivity index (χ4n) is 1.39. The van der Waals surface area contributed by atoms with Crippen LogP contribution < -0.4 is 10.5 Å². The molecule has 0 fully saturated rings. The fourth-order valence-corrected chi connectivity index (χ4v) is 3.47. The van der Waals surface area contributed by atoms with E-state index >= 15 is 0 Å². The van der Waals surface area contributed by atoms with E-state index in [1.807, 2.05) is 13.8 Å². The van der Waals surface area contributed by atoms with Crippen molar-refractivity contribution in [2.45, 2.75) is 18.7 Å². The molecule has 0 saturated heterocycles. The number of nitrogens with zero attached hydrogens (tertiary/aromatic N) is 1. The molecule has 0 saturated carbocycles. The van der Waals surface area contributed by atoms with Crippen LogP contribution in [0.5, 0.6) is 5.75 Å². The zero-order valence-corrected chi connectivity index (χ0v) is 12.0.